The van der Waals surface area contributed by atoms with Gasteiger partial charge in [0.1, 0.15) is 5.75 Å². The van der Waals surface area contributed by atoms with Gasteiger partial charge in [-0.2, -0.15) is 0 Å². The van der Waals surface area contributed by atoms with Gasteiger partial charge >= 0.3 is 0 Å². The average molecular weight is 331 g/mol. The van der Waals surface area contributed by atoms with Crippen LogP contribution in [0.3, 0.4) is 0 Å². The zero-order valence-electron chi connectivity index (χ0n) is 13.6. The predicted octanol–water partition coefficient (Wildman–Crippen LogP) is 3.66. The lowest BCUT2D eigenvalue weighted by molar-refractivity contribution is 0.307. The van der Waals surface area contributed by atoms with Crippen LogP contribution in [0.1, 0.15) is 24.6 Å². The number of benzene rings is 1. The minimum Gasteiger partial charge on any atom is -0.494 e. The summed E-state index contributed by atoms with van der Waals surface area (Å²) in [6.45, 7) is 5.32. The topological polar surface area (TPSA) is 45.7 Å². The van der Waals surface area contributed by atoms with E-state index in [9.17, 15) is 0 Å². The van der Waals surface area contributed by atoms with Gasteiger partial charge < -0.3 is 15.4 Å². The van der Waals surface area contributed by atoms with Crippen molar-refractivity contribution in [1.82, 2.24) is 10.6 Å². The van der Waals surface area contributed by atoms with E-state index in [1.165, 1.54) is 4.88 Å². The van der Waals surface area contributed by atoms with Crippen LogP contribution < -0.4 is 15.4 Å². The average Bonchev–Trinajstić information content (AvgIpc) is 3.10. The van der Waals surface area contributed by atoms with E-state index in [-0.39, 0.29) is 0 Å². The second kappa shape index (κ2) is 10.7. The summed E-state index contributed by atoms with van der Waals surface area (Å²) in [7, 11) is 0. The van der Waals surface area contributed by atoms with Crippen LogP contribution in [0.4, 0.5) is 0 Å². The van der Waals surface area contributed by atoms with Crippen molar-refractivity contribution in [2.45, 2.75) is 26.3 Å². The summed E-state index contributed by atoms with van der Waals surface area (Å²) in [6, 6.07) is 14.1. The van der Waals surface area contributed by atoms with Crippen LogP contribution in [0.5, 0.6) is 5.75 Å². The van der Waals surface area contributed by atoms with Crippen LogP contribution in [0.25, 0.3) is 0 Å². The fourth-order valence-electron chi connectivity index (χ4n) is 2.04. The molecule has 2 N–H and O–H groups in total. The molecule has 0 aliphatic carbocycles. The molecule has 0 atom stereocenters. The van der Waals surface area contributed by atoms with Gasteiger partial charge in [-0.15, -0.1) is 11.3 Å². The maximum atomic E-state index is 5.68. The first-order valence-electron chi connectivity index (χ1n) is 8.11. The Labute approximate surface area is 142 Å². The number of unbranched alkanes of at least 4 members (excludes halogenated alkanes) is 1. The van der Waals surface area contributed by atoms with Crippen molar-refractivity contribution in [2.24, 2.45) is 4.99 Å². The highest BCUT2D eigenvalue weighted by atomic mass is 32.1. The van der Waals surface area contributed by atoms with Gasteiger partial charge in [-0.05, 0) is 43.3 Å². The molecule has 0 aliphatic rings. The lowest BCUT2D eigenvalue weighted by atomic mass is 10.3. The van der Waals surface area contributed by atoms with Crippen LogP contribution in [0.2, 0.25) is 0 Å². The first-order chi connectivity index (χ1) is 11.4. The molecule has 2 rings (SSSR count). The molecule has 0 spiro atoms. The molecule has 4 nitrogen and oxygen atoms in total. The molecule has 5 heteroatoms. The molecule has 2 aromatic rings. The lowest BCUT2D eigenvalue weighted by Crippen LogP contribution is -2.37. The van der Waals surface area contributed by atoms with E-state index in [4.69, 9.17) is 4.74 Å². The van der Waals surface area contributed by atoms with Crippen molar-refractivity contribution >= 4 is 17.3 Å². The Kier molecular flexibility index (Phi) is 8.05. The quantitative estimate of drug-likeness (QED) is 0.419. The lowest BCUT2D eigenvalue weighted by Gasteiger charge is -2.11. The highest BCUT2D eigenvalue weighted by Crippen LogP contribution is 2.09. The van der Waals surface area contributed by atoms with E-state index in [2.05, 4.69) is 40.1 Å². The molecule has 124 valence electrons. The number of guanidine groups is 1. The maximum Gasteiger partial charge on any atom is 0.191 e. The smallest absolute Gasteiger partial charge is 0.191 e. The van der Waals surface area contributed by atoms with Crippen molar-refractivity contribution in [1.29, 1.82) is 0 Å². The number of aliphatic imine (C=N–C) groups is 1. The van der Waals surface area contributed by atoms with Gasteiger partial charge in [0.25, 0.3) is 0 Å². The van der Waals surface area contributed by atoms with Crippen molar-refractivity contribution < 1.29 is 4.74 Å². The van der Waals surface area contributed by atoms with E-state index in [1.54, 1.807) is 11.3 Å². The van der Waals surface area contributed by atoms with E-state index in [1.807, 2.05) is 30.3 Å². The number of nitrogens with zero attached hydrogens (tertiary/aromatic N) is 1. The first-order valence-corrected chi connectivity index (χ1v) is 8.99. The monoisotopic (exact) mass is 331 g/mol. The number of nitrogens with one attached hydrogen (secondary N) is 2. The SMILES string of the molecule is CCNC(=NCc1cccs1)NCCCCOc1ccccc1. The molecule has 0 amide bonds. The highest BCUT2D eigenvalue weighted by molar-refractivity contribution is 7.09. The predicted molar refractivity (Wildman–Crippen MR) is 98.3 cm³/mol. The van der Waals surface area contributed by atoms with Crippen molar-refractivity contribution in [2.75, 3.05) is 19.7 Å². The van der Waals surface area contributed by atoms with Gasteiger partial charge in [-0.3, -0.25) is 0 Å². The Morgan fingerprint density at radius 1 is 1.09 bits per heavy atom. The maximum absolute atomic E-state index is 5.68. The van der Waals surface area contributed by atoms with Gasteiger partial charge in [-0.1, -0.05) is 24.3 Å². The molecular weight excluding hydrogens is 306 g/mol. The van der Waals surface area contributed by atoms with E-state index in [0.717, 1.165) is 50.8 Å². The van der Waals surface area contributed by atoms with Crippen LogP contribution in [0.15, 0.2) is 52.8 Å². The summed E-state index contributed by atoms with van der Waals surface area (Å²) >= 11 is 1.74. The van der Waals surface area contributed by atoms with Crippen LogP contribution in [-0.2, 0) is 6.54 Å². The molecule has 23 heavy (non-hydrogen) atoms. The van der Waals surface area contributed by atoms with Crippen LogP contribution in [0, 0.1) is 0 Å². The molecule has 0 aliphatic heterocycles. The number of para-hydroxylation sites is 1. The fraction of sp³-hybridized carbons (Fsp3) is 0.389. The largest absolute Gasteiger partial charge is 0.494 e. The summed E-state index contributed by atoms with van der Waals surface area (Å²) in [5.41, 5.74) is 0. The van der Waals surface area contributed by atoms with E-state index < -0.39 is 0 Å². The molecule has 0 unspecified atom stereocenters. The molecule has 1 aromatic heterocycles. The molecule has 1 aromatic carbocycles. The molecule has 0 fully saturated rings. The third-order valence-electron chi connectivity index (χ3n) is 3.19. The normalized spacial score (nSPS) is 11.3. The van der Waals surface area contributed by atoms with Crippen molar-refractivity contribution in [3.8, 4) is 5.75 Å². The number of hydrogen-bond donors (Lipinski definition) is 2. The van der Waals surface area contributed by atoms with Crippen molar-refractivity contribution in [3.05, 3.63) is 52.7 Å². The minimum absolute atomic E-state index is 0.726. The van der Waals surface area contributed by atoms with Gasteiger partial charge in [0, 0.05) is 18.0 Å². The Morgan fingerprint density at radius 3 is 2.70 bits per heavy atom. The zero-order chi connectivity index (χ0) is 16.2. The summed E-state index contributed by atoms with van der Waals surface area (Å²) in [5.74, 6) is 1.82. The third kappa shape index (κ3) is 7.19. The number of ether oxygens (including phenoxy) is 1. The van der Waals surface area contributed by atoms with Gasteiger partial charge in [-0.25, -0.2) is 4.99 Å². The second-order valence-corrected chi connectivity index (χ2v) is 6.10. The summed E-state index contributed by atoms with van der Waals surface area (Å²) in [5, 5.41) is 8.73. The highest BCUT2D eigenvalue weighted by Gasteiger charge is 1.98. The summed E-state index contributed by atoms with van der Waals surface area (Å²) < 4.78 is 5.68. The molecule has 1 heterocycles. The Balaban J connectivity index is 1.61. The zero-order valence-corrected chi connectivity index (χ0v) is 14.4. The molecule has 0 radical (unpaired) electrons. The Morgan fingerprint density at radius 2 is 1.96 bits per heavy atom. The third-order valence-corrected chi connectivity index (χ3v) is 4.05. The van der Waals surface area contributed by atoms with E-state index >= 15 is 0 Å². The first kappa shape index (κ1) is 17.3. The number of thiophene rings is 1. The molecule has 0 saturated heterocycles. The van der Waals surface area contributed by atoms with Crippen LogP contribution in [-0.4, -0.2) is 25.7 Å². The standard InChI is InChI=1S/C18H25N3OS/c1-2-19-18(21-15-17-11-8-14-23-17)20-12-6-7-13-22-16-9-4-3-5-10-16/h3-5,8-11,14H,2,6-7,12-13,15H2,1H3,(H2,19,20,21). The molecular formula is C18H25N3OS. The van der Waals surface area contributed by atoms with E-state index in [0.29, 0.717) is 0 Å². The minimum atomic E-state index is 0.726. The number of rotatable bonds is 9. The van der Waals surface area contributed by atoms with Crippen LogP contribution >= 0.6 is 11.3 Å². The second-order valence-electron chi connectivity index (χ2n) is 5.07. The van der Waals surface area contributed by atoms with Gasteiger partial charge in [0.2, 0.25) is 0 Å². The van der Waals surface area contributed by atoms with Gasteiger partial charge in [0.15, 0.2) is 5.96 Å². The van der Waals surface area contributed by atoms with Crippen molar-refractivity contribution in [3.63, 3.8) is 0 Å². The van der Waals surface area contributed by atoms with Gasteiger partial charge in [0.05, 0.1) is 13.2 Å². The summed E-state index contributed by atoms with van der Waals surface area (Å²) in [6.07, 6.45) is 2.07. The Bertz CT molecular complexity index is 555. The Hall–Kier alpha value is -2.01. The molecule has 0 bridgehead atoms. The summed E-state index contributed by atoms with van der Waals surface area (Å²) in [4.78, 5) is 5.87. The molecule has 0 saturated carbocycles. The number of hydrogen-bond acceptors (Lipinski definition) is 3. The fourth-order valence-corrected chi connectivity index (χ4v) is 2.67.